The summed E-state index contributed by atoms with van der Waals surface area (Å²) in [5.74, 6) is -2.09. The van der Waals surface area contributed by atoms with E-state index in [1.54, 1.807) is 0 Å². The highest BCUT2D eigenvalue weighted by Crippen LogP contribution is 2.03. The van der Waals surface area contributed by atoms with E-state index in [0.717, 1.165) is 0 Å². The smallest absolute Gasteiger partial charge is 0.243 e. The van der Waals surface area contributed by atoms with Crippen molar-refractivity contribution in [3.63, 3.8) is 0 Å². The number of aliphatic hydroxyl groups excluding tert-OH is 1. The van der Waals surface area contributed by atoms with Gasteiger partial charge in [-0.1, -0.05) is 0 Å². The highest BCUT2D eigenvalue weighted by Gasteiger charge is 2.27. The van der Waals surface area contributed by atoms with Crippen molar-refractivity contribution < 1.29 is 24.3 Å². The molecule has 0 aromatic carbocycles. The van der Waals surface area contributed by atoms with Gasteiger partial charge in [0.15, 0.2) is 5.96 Å². The highest BCUT2D eigenvalue weighted by molar-refractivity contribution is 5.91. The van der Waals surface area contributed by atoms with Crippen molar-refractivity contribution in [3.05, 3.63) is 0 Å². The first kappa shape index (κ1) is 24.3. The van der Waals surface area contributed by atoms with Gasteiger partial charge in [-0.2, -0.15) is 0 Å². The van der Waals surface area contributed by atoms with E-state index >= 15 is 0 Å². The first-order valence-corrected chi connectivity index (χ1v) is 8.41. The van der Waals surface area contributed by atoms with Crippen LogP contribution in [-0.2, 0) is 19.2 Å². The number of hydrogen-bond acceptors (Lipinski definition) is 7. The average Bonchev–Trinajstić information content (AvgIpc) is 2.59. The third kappa shape index (κ3) is 10.8. The summed E-state index contributed by atoms with van der Waals surface area (Å²) in [4.78, 5) is 50.1. The first-order valence-electron chi connectivity index (χ1n) is 8.41. The molecule has 4 atom stereocenters. The molecule has 27 heavy (non-hydrogen) atoms. The van der Waals surface area contributed by atoms with E-state index in [1.165, 1.54) is 6.92 Å². The van der Waals surface area contributed by atoms with Crippen LogP contribution >= 0.6 is 0 Å². The predicted molar refractivity (Wildman–Crippen MR) is 97.9 cm³/mol. The molecule has 0 aliphatic heterocycles. The third-order valence-corrected chi connectivity index (χ3v) is 3.59. The van der Waals surface area contributed by atoms with Gasteiger partial charge in [0.2, 0.25) is 17.7 Å². The normalized spacial score (nSPS) is 14.9. The Morgan fingerprint density at radius 1 is 1.11 bits per heavy atom. The molecule has 12 heteroatoms. The maximum atomic E-state index is 12.4. The molecule has 0 aromatic heterocycles. The van der Waals surface area contributed by atoms with Crippen LogP contribution in [-0.4, -0.2) is 65.8 Å². The van der Waals surface area contributed by atoms with E-state index in [-0.39, 0.29) is 31.8 Å². The Hall–Kier alpha value is -2.73. The van der Waals surface area contributed by atoms with Gasteiger partial charge in [0.25, 0.3) is 0 Å². The SMILES string of the molecule is C[C@@H](O)[C@H](N)C(=O)N[C@@H](CCCN=C(N)N)C(=O)N[C@H](C=O)CCC(N)=O. The molecule has 0 aliphatic carbocycles. The van der Waals surface area contributed by atoms with Crippen LogP contribution in [0.15, 0.2) is 4.99 Å². The van der Waals surface area contributed by atoms with Gasteiger partial charge in [-0.15, -0.1) is 0 Å². The van der Waals surface area contributed by atoms with Gasteiger partial charge in [-0.25, -0.2) is 0 Å². The van der Waals surface area contributed by atoms with Crippen LogP contribution in [0.1, 0.15) is 32.6 Å². The zero-order chi connectivity index (χ0) is 21.0. The van der Waals surface area contributed by atoms with E-state index in [4.69, 9.17) is 22.9 Å². The molecule has 0 aliphatic rings. The Labute approximate surface area is 157 Å². The number of rotatable bonds is 13. The third-order valence-electron chi connectivity index (χ3n) is 3.59. The van der Waals surface area contributed by atoms with Crippen molar-refractivity contribution in [1.29, 1.82) is 0 Å². The fourth-order valence-electron chi connectivity index (χ4n) is 2.01. The van der Waals surface area contributed by atoms with Gasteiger partial charge >= 0.3 is 0 Å². The van der Waals surface area contributed by atoms with Gasteiger partial charge in [0.1, 0.15) is 18.4 Å². The molecule has 11 N–H and O–H groups in total. The molecule has 0 rings (SSSR count). The van der Waals surface area contributed by atoms with E-state index in [2.05, 4.69) is 15.6 Å². The molecule has 0 saturated carbocycles. The Balaban J connectivity index is 4.98. The zero-order valence-electron chi connectivity index (χ0n) is 15.3. The maximum absolute atomic E-state index is 12.4. The predicted octanol–water partition coefficient (Wildman–Crippen LogP) is -3.82. The number of carbonyl (C=O) groups is 4. The van der Waals surface area contributed by atoms with Crippen LogP contribution in [0.25, 0.3) is 0 Å². The highest BCUT2D eigenvalue weighted by atomic mass is 16.3. The van der Waals surface area contributed by atoms with Crippen LogP contribution in [0.5, 0.6) is 0 Å². The second-order valence-electron chi connectivity index (χ2n) is 6.03. The maximum Gasteiger partial charge on any atom is 0.243 e. The lowest BCUT2D eigenvalue weighted by Gasteiger charge is -2.23. The van der Waals surface area contributed by atoms with Gasteiger partial charge in [0, 0.05) is 13.0 Å². The summed E-state index contributed by atoms with van der Waals surface area (Å²) < 4.78 is 0. The second-order valence-corrected chi connectivity index (χ2v) is 6.03. The molecule has 154 valence electrons. The second kappa shape index (κ2) is 12.6. The number of amides is 3. The Morgan fingerprint density at radius 2 is 1.74 bits per heavy atom. The lowest BCUT2D eigenvalue weighted by Crippen LogP contribution is -2.55. The number of aliphatic imine (C=N–C) groups is 1. The molecule has 0 saturated heterocycles. The van der Waals surface area contributed by atoms with E-state index in [0.29, 0.717) is 12.7 Å². The fraction of sp³-hybridized carbons (Fsp3) is 0.667. The minimum Gasteiger partial charge on any atom is -0.391 e. The van der Waals surface area contributed by atoms with Gasteiger partial charge in [0.05, 0.1) is 12.1 Å². The summed E-state index contributed by atoms with van der Waals surface area (Å²) >= 11 is 0. The summed E-state index contributed by atoms with van der Waals surface area (Å²) in [6.45, 7) is 1.56. The number of hydrogen-bond donors (Lipinski definition) is 7. The minimum atomic E-state index is -1.23. The summed E-state index contributed by atoms with van der Waals surface area (Å²) in [6.07, 6.45) is -0.186. The van der Waals surface area contributed by atoms with Crippen LogP contribution in [0.3, 0.4) is 0 Å². The summed E-state index contributed by atoms with van der Waals surface area (Å²) in [7, 11) is 0. The van der Waals surface area contributed by atoms with Gasteiger partial charge in [-0.05, 0) is 26.2 Å². The molecular formula is C15H29N7O5. The monoisotopic (exact) mass is 387 g/mol. The number of nitrogens with zero attached hydrogens (tertiary/aromatic N) is 1. The van der Waals surface area contributed by atoms with Crippen molar-refractivity contribution in [2.45, 2.75) is 56.8 Å². The van der Waals surface area contributed by atoms with Gasteiger partial charge in [-0.3, -0.25) is 19.4 Å². The Kier molecular flexibility index (Phi) is 11.3. The Morgan fingerprint density at radius 3 is 2.22 bits per heavy atom. The van der Waals surface area contributed by atoms with E-state index < -0.39 is 42.0 Å². The summed E-state index contributed by atoms with van der Waals surface area (Å²) in [5, 5.41) is 14.3. The van der Waals surface area contributed by atoms with E-state index in [1.807, 2.05) is 0 Å². The molecule has 0 bridgehead atoms. The lowest BCUT2D eigenvalue weighted by molar-refractivity contribution is -0.131. The van der Waals surface area contributed by atoms with Crippen molar-refractivity contribution in [2.24, 2.45) is 27.9 Å². The molecule has 0 radical (unpaired) electrons. The van der Waals surface area contributed by atoms with Crippen LogP contribution in [0.4, 0.5) is 0 Å². The number of aliphatic hydroxyl groups is 1. The van der Waals surface area contributed by atoms with Crippen LogP contribution < -0.4 is 33.6 Å². The van der Waals surface area contributed by atoms with Crippen LogP contribution in [0, 0.1) is 0 Å². The summed E-state index contributed by atoms with van der Waals surface area (Å²) in [6, 6.07) is -3.20. The molecular weight excluding hydrogens is 358 g/mol. The quantitative estimate of drug-likeness (QED) is 0.0714. The number of primary amides is 1. The summed E-state index contributed by atoms with van der Waals surface area (Å²) in [5.41, 5.74) is 21.0. The molecule has 0 heterocycles. The molecule has 12 nitrogen and oxygen atoms in total. The number of aldehydes is 1. The largest absolute Gasteiger partial charge is 0.391 e. The van der Waals surface area contributed by atoms with E-state index in [9.17, 15) is 24.3 Å². The Bertz CT molecular complexity index is 549. The number of nitrogens with one attached hydrogen (secondary N) is 2. The number of carbonyl (C=O) groups excluding carboxylic acids is 4. The van der Waals surface area contributed by atoms with Crippen molar-refractivity contribution in [1.82, 2.24) is 10.6 Å². The zero-order valence-corrected chi connectivity index (χ0v) is 15.3. The van der Waals surface area contributed by atoms with Gasteiger partial charge < -0.3 is 43.5 Å². The first-order chi connectivity index (χ1) is 12.6. The molecule has 0 fully saturated rings. The topological polar surface area (TPSA) is 229 Å². The lowest BCUT2D eigenvalue weighted by atomic mass is 10.1. The van der Waals surface area contributed by atoms with Crippen molar-refractivity contribution >= 4 is 30.0 Å². The standard InChI is InChI=1S/C15H29N7O5/c1-8(24)12(17)14(27)22-10(3-2-6-20-15(18)19)13(26)21-9(7-23)4-5-11(16)25/h7-10,12,24H,2-6,17H2,1H3,(H2,16,25)(H,21,26)(H,22,27)(H4,18,19,20)/t8-,9+,10+,12+/m1/s1. The molecule has 0 spiro atoms. The van der Waals surface area contributed by atoms with Crippen molar-refractivity contribution in [2.75, 3.05) is 6.54 Å². The molecule has 3 amide bonds. The average molecular weight is 387 g/mol. The number of nitrogens with two attached hydrogens (primary N) is 4. The molecule has 0 unspecified atom stereocenters. The van der Waals surface area contributed by atoms with Crippen molar-refractivity contribution in [3.8, 4) is 0 Å². The number of guanidine groups is 1. The van der Waals surface area contributed by atoms with Crippen LogP contribution in [0.2, 0.25) is 0 Å². The molecule has 0 aromatic rings. The fourth-order valence-corrected chi connectivity index (χ4v) is 2.01. The minimum absolute atomic E-state index is 0.0342.